The summed E-state index contributed by atoms with van der Waals surface area (Å²) >= 11 is 0. The number of hydrogen-bond donors (Lipinski definition) is 1. The molecule has 0 bridgehead atoms. The van der Waals surface area contributed by atoms with Gasteiger partial charge in [-0.15, -0.1) is 0 Å². The minimum Gasteiger partial charge on any atom is -0.507 e. The lowest BCUT2D eigenvalue weighted by Crippen LogP contribution is -2.68. The Balaban J connectivity index is 0.000000175. The molecule has 0 saturated heterocycles. The van der Waals surface area contributed by atoms with E-state index < -0.39 is 80.8 Å². The van der Waals surface area contributed by atoms with Crippen molar-refractivity contribution in [2.24, 2.45) is 17.8 Å². The fourth-order valence-corrected chi connectivity index (χ4v) is 16.9. The van der Waals surface area contributed by atoms with Crippen LogP contribution in [-0.2, 0) is 42.8 Å². The van der Waals surface area contributed by atoms with Gasteiger partial charge in [-0.25, -0.2) is 14.6 Å². The highest BCUT2D eigenvalue weighted by atomic mass is 28.4. The van der Waals surface area contributed by atoms with Crippen molar-refractivity contribution >= 4 is 57.7 Å². The van der Waals surface area contributed by atoms with E-state index in [0.717, 1.165) is 22.4 Å². The molecule has 0 radical (unpaired) electrons. The predicted molar refractivity (Wildman–Crippen MR) is 396 cm³/mol. The maximum atomic E-state index is 15.2. The van der Waals surface area contributed by atoms with E-state index in [4.69, 9.17) is 41.6 Å². The van der Waals surface area contributed by atoms with E-state index in [1.165, 1.54) is 6.08 Å². The number of esters is 1. The number of fused-ring (bicyclic) bond motifs is 6. The van der Waals surface area contributed by atoms with Crippen LogP contribution < -0.4 is 18.9 Å². The van der Waals surface area contributed by atoms with Crippen LogP contribution in [0.4, 0.5) is 4.79 Å². The topological polar surface area (TPSA) is 272 Å². The van der Waals surface area contributed by atoms with Crippen LogP contribution in [-0.4, -0.2) is 132 Å². The van der Waals surface area contributed by atoms with Gasteiger partial charge in [-0.2, -0.15) is 0 Å². The maximum absolute atomic E-state index is 15.2. The van der Waals surface area contributed by atoms with E-state index >= 15 is 9.59 Å². The maximum Gasteiger partial charge on any atom is 0.515 e. The summed E-state index contributed by atoms with van der Waals surface area (Å²) < 4.78 is 53.3. The first-order valence-corrected chi connectivity index (χ1v) is 40.9. The van der Waals surface area contributed by atoms with Crippen LogP contribution in [0.15, 0.2) is 130 Å². The van der Waals surface area contributed by atoms with Crippen molar-refractivity contribution in [3.8, 4) is 23.4 Å². The molecular formula is C80H98N6O16Si2. The SMILES string of the molecule is CN(C)[C@@H]1c2onc(OCc3ccccc3)c2C(=O)[C@@]2(O[Si](C)(C)C(C)(C)C)C(=O)C=CC[C@@H]12.Cc1cc(C)c(C(=O)Oc2ccccc2)c(OC(=O)OC(C)(C)C)n1.Cc1cc2c(c(C)n1)C(O)=C1C(=O)[C@]3(O[Si](C)(C)C(C)(C)C)C(=O)c4c(OCc5ccccc5)noc4[C@@H](N(C)C)[C@@H]3C[C@@H]1C2. The molecule has 4 aromatic heterocycles. The van der Waals surface area contributed by atoms with Gasteiger partial charge in [-0.1, -0.05) is 126 Å². The first-order chi connectivity index (χ1) is 48.6. The van der Waals surface area contributed by atoms with Crippen LogP contribution in [0, 0.1) is 45.4 Å². The van der Waals surface area contributed by atoms with Crippen molar-refractivity contribution in [3.05, 3.63) is 194 Å². The van der Waals surface area contributed by atoms with E-state index in [2.05, 4.69) is 74.9 Å². The zero-order valence-electron chi connectivity index (χ0n) is 63.6. The number of pyridine rings is 2. The first-order valence-electron chi connectivity index (χ1n) is 35.1. The van der Waals surface area contributed by atoms with Gasteiger partial charge in [0.25, 0.3) is 11.8 Å². The van der Waals surface area contributed by atoms with Gasteiger partial charge in [-0.05, 0) is 201 Å². The minimum absolute atomic E-state index is 0.0417. The van der Waals surface area contributed by atoms with Gasteiger partial charge < -0.3 is 46.7 Å². The van der Waals surface area contributed by atoms with E-state index in [0.29, 0.717) is 59.0 Å². The number of hydrogen-bond acceptors (Lipinski definition) is 22. The molecule has 24 heteroatoms. The van der Waals surface area contributed by atoms with E-state index in [1.807, 2.05) is 144 Å². The molecule has 5 aliphatic carbocycles. The molecule has 1 fully saturated rings. The van der Waals surface area contributed by atoms with Gasteiger partial charge >= 0.3 is 12.1 Å². The average Bonchev–Trinajstić information content (AvgIpc) is 1.13. The molecular weight excluding hydrogens is 1360 g/mol. The van der Waals surface area contributed by atoms with Crippen LogP contribution in [0.2, 0.25) is 36.3 Å². The van der Waals surface area contributed by atoms with E-state index in [-0.39, 0.29) is 86.7 Å². The second kappa shape index (κ2) is 29.5. The Bertz CT molecular complexity index is 4490. The number of ether oxygens (including phenoxy) is 5. The molecule has 7 aromatic rings. The number of rotatable bonds is 15. The quantitative estimate of drug-likeness (QED) is 0.0432. The number of carbonyl (C=O) groups is 6. The molecule has 7 atom stereocenters. The number of aromatic nitrogens is 4. The molecule has 22 nitrogen and oxygen atoms in total. The molecule has 0 amide bonds. The van der Waals surface area contributed by atoms with E-state index in [1.54, 1.807) is 65.0 Å². The minimum atomic E-state index is -2.78. The molecule has 5 aliphatic rings. The molecule has 12 rings (SSSR count). The number of Topliss-reactive ketones (excluding diaryl/α,β-unsaturated/α-hetero) is 3. The van der Waals surface area contributed by atoms with Crippen molar-refractivity contribution < 1.29 is 75.5 Å². The summed E-state index contributed by atoms with van der Waals surface area (Å²) in [5.41, 5.74) is 2.51. The third kappa shape index (κ3) is 15.1. The normalized spacial score (nSPS) is 21.4. The lowest BCUT2D eigenvalue weighted by atomic mass is 9.57. The highest BCUT2D eigenvalue weighted by molar-refractivity contribution is 6.75. The van der Waals surface area contributed by atoms with Crippen molar-refractivity contribution in [3.63, 3.8) is 0 Å². The standard InChI is InChI=1S/C35H43N3O6Si.C26H34N2O5Si.C19H21NO5/c1-19-15-22-16-23-17-24-28(38(6)7)30-27(33(37-43-30)42-18-21-13-11-10-12-14-21)32(41)35(24,44-45(8,9)34(3,4)5)31(40)26(23)29(39)25(22)20(2)36-19;1-25(2,3)34(6,7)33-26-18(14-11-15-19(26)29)21(28(4)5)22-20(23(26)30)24(27-32-22)31-16-17-12-9-8-10-13-17;1-12-11-13(2)20-16(24-18(22)25-19(3,4)5)15(12)17(21)23-14-9-7-6-8-10-14/h10-15,23-24,28,39H,16-18H2,1-9H3;8-13,15,18,21H,14,16H2,1-7H3;6-11H,1-5H3/t23-,24-,28-,35-;18-,21-,26-;/m00./s1. The third-order valence-corrected chi connectivity index (χ3v) is 29.7. The zero-order chi connectivity index (χ0) is 76.1. The van der Waals surface area contributed by atoms with Crippen LogP contribution in [0.3, 0.4) is 0 Å². The van der Waals surface area contributed by atoms with Crippen LogP contribution in [0.1, 0.15) is 175 Å². The smallest absolute Gasteiger partial charge is 0.507 e. The van der Waals surface area contributed by atoms with Gasteiger partial charge in [0, 0.05) is 40.1 Å². The molecule has 4 heterocycles. The number of allylic oxidation sites excluding steroid dienone is 1. The molecule has 552 valence electrons. The second-order valence-electron chi connectivity index (χ2n) is 32.0. The van der Waals surface area contributed by atoms with Crippen molar-refractivity contribution in [2.45, 2.75) is 188 Å². The molecule has 1 saturated carbocycles. The molecule has 0 aliphatic heterocycles. The number of ketones is 4. The first kappa shape index (κ1) is 77.6. The van der Waals surface area contributed by atoms with Crippen LogP contribution in [0.25, 0.3) is 5.76 Å². The zero-order valence-corrected chi connectivity index (χ0v) is 65.6. The summed E-state index contributed by atoms with van der Waals surface area (Å²) in [4.78, 5) is 95.5. The Morgan fingerprint density at radius 3 is 1.59 bits per heavy atom. The Kier molecular flexibility index (Phi) is 22.0. The average molecular weight is 1460 g/mol. The van der Waals surface area contributed by atoms with Crippen molar-refractivity contribution in [2.75, 3.05) is 28.2 Å². The predicted octanol–water partition coefficient (Wildman–Crippen LogP) is 15.7. The molecule has 1 N–H and O–H groups in total. The summed E-state index contributed by atoms with van der Waals surface area (Å²) in [7, 11) is 2.34. The van der Waals surface area contributed by atoms with Crippen molar-refractivity contribution in [1.29, 1.82) is 0 Å². The lowest BCUT2D eigenvalue weighted by molar-refractivity contribution is -0.140. The number of nitrogens with zero attached hydrogens (tertiary/aromatic N) is 6. The number of aliphatic hydroxyl groups excluding tert-OH is 1. The Hall–Kier alpha value is -9.05. The number of benzene rings is 3. The fraction of sp³-hybridized carbons (Fsp3) is 0.450. The molecule has 104 heavy (non-hydrogen) atoms. The number of aryl methyl sites for hydroxylation is 4. The summed E-state index contributed by atoms with van der Waals surface area (Å²) in [6.07, 6.45) is 3.92. The Morgan fingerprint density at radius 1 is 0.606 bits per heavy atom. The van der Waals surface area contributed by atoms with Gasteiger partial charge in [-0.3, -0.25) is 34.0 Å². The highest BCUT2D eigenvalue weighted by Gasteiger charge is 2.69. The third-order valence-electron chi connectivity index (χ3n) is 20.8. The molecule has 0 unspecified atom stereocenters. The number of para-hydroxylation sites is 1. The highest BCUT2D eigenvalue weighted by Crippen LogP contribution is 2.60. The van der Waals surface area contributed by atoms with Crippen LogP contribution >= 0.6 is 0 Å². The summed E-state index contributed by atoms with van der Waals surface area (Å²) in [5.74, 6) is -2.57. The summed E-state index contributed by atoms with van der Waals surface area (Å²) in [6, 6.07) is 30.7. The lowest BCUT2D eigenvalue weighted by Gasteiger charge is -2.55. The fourth-order valence-electron chi connectivity index (χ4n) is 14.0. The van der Waals surface area contributed by atoms with Gasteiger partial charge in [0.05, 0.1) is 12.1 Å². The molecule has 3 aromatic carbocycles. The largest absolute Gasteiger partial charge is 0.515 e. The van der Waals surface area contributed by atoms with E-state index in [9.17, 15) is 24.3 Å². The Labute approximate surface area is 611 Å². The summed E-state index contributed by atoms with van der Waals surface area (Å²) in [5, 5.41) is 19.7. The monoisotopic (exact) mass is 1450 g/mol. The second-order valence-corrected chi connectivity index (χ2v) is 41.5. The van der Waals surface area contributed by atoms with Crippen LogP contribution in [0.5, 0.6) is 23.4 Å². The molecule has 0 spiro atoms. The van der Waals surface area contributed by atoms with Crippen molar-refractivity contribution in [1.82, 2.24) is 30.1 Å². The van der Waals surface area contributed by atoms with Gasteiger partial charge in [0.1, 0.15) is 47.0 Å². The van der Waals surface area contributed by atoms with Gasteiger partial charge in [0.2, 0.25) is 23.2 Å². The van der Waals surface area contributed by atoms with Gasteiger partial charge in [0.15, 0.2) is 45.1 Å². The number of aliphatic hydroxyl groups is 1. The Morgan fingerprint density at radius 2 is 1.09 bits per heavy atom. The summed E-state index contributed by atoms with van der Waals surface area (Å²) in [6.45, 7) is 33.6. The number of carbonyl (C=O) groups excluding carboxylic acids is 6.